The topological polar surface area (TPSA) is 109 Å². The van der Waals surface area contributed by atoms with Crippen LogP contribution in [0.2, 0.25) is 0 Å². The highest BCUT2D eigenvalue weighted by Gasteiger charge is 2.10. The highest BCUT2D eigenvalue weighted by atomic mass is 16.6. The average Bonchev–Trinajstić information content (AvgIpc) is 2.26. The normalized spacial score (nSPS) is 10.3. The van der Waals surface area contributed by atoms with Crippen molar-refractivity contribution in [1.29, 1.82) is 0 Å². The molecule has 0 aliphatic rings. The number of anilines is 1. The van der Waals surface area contributed by atoms with Crippen LogP contribution in [0.4, 0.5) is 11.5 Å². The van der Waals surface area contributed by atoms with Gasteiger partial charge in [-0.15, -0.1) is 0 Å². The smallest absolute Gasteiger partial charge is 0.274 e. The Morgan fingerprint density at radius 2 is 2.20 bits per heavy atom. The molecule has 0 bridgehead atoms. The second-order valence-electron chi connectivity index (χ2n) is 2.86. The first-order valence-electron chi connectivity index (χ1n) is 4.26. The summed E-state index contributed by atoms with van der Waals surface area (Å²) < 4.78 is 0. The van der Waals surface area contributed by atoms with Crippen LogP contribution in [0.1, 0.15) is 0 Å². The minimum atomic E-state index is -0.570. The van der Waals surface area contributed by atoms with E-state index in [-0.39, 0.29) is 24.7 Å². The molecule has 1 heterocycles. The lowest BCUT2D eigenvalue weighted by Gasteiger charge is -2.13. The number of nitro groups is 1. The Morgan fingerprint density at radius 3 is 2.73 bits per heavy atom. The van der Waals surface area contributed by atoms with Gasteiger partial charge in [0.05, 0.1) is 30.2 Å². The summed E-state index contributed by atoms with van der Waals surface area (Å²) in [6, 6.07) is 1.93. The molecule has 0 radical (unpaired) electrons. The van der Waals surface area contributed by atoms with Crippen LogP contribution in [0.15, 0.2) is 18.3 Å². The molecule has 0 aromatic carbocycles. The maximum absolute atomic E-state index is 10.4. The molecule has 0 aliphatic carbocycles. The summed E-state index contributed by atoms with van der Waals surface area (Å²) in [6.45, 7) is -0.554. The van der Waals surface area contributed by atoms with Gasteiger partial charge >= 0.3 is 0 Å². The predicted molar refractivity (Wildman–Crippen MR) is 52.5 cm³/mol. The van der Waals surface area contributed by atoms with Crippen molar-refractivity contribution in [2.75, 3.05) is 18.5 Å². The standard InChI is InChI=1S/C8H11N3O4/c12-4-6(5-13)10-8-3-7(11(14)15)1-2-9-8/h1-3,6,12-13H,4-5H2,(H,9,10). The quantitative estimate of drug-likeness (QED) is 0.460. The van der Waals surface area contributed by atoms with Gasteiger partial charge in [0, 0.05) is 12.3 Å². The summed E-state index contributed by atoms with van der Waals surface area (Å²) in [5.41, 5.74) is -0.0953. The van der Waals surface area contributed by atoms with Gasteiger partial charge in [0.15, 0.2) is 0 Å². The molecule has 0 saturated carbocycles. The lowest BCUT2D eigenvalue weighted by atomic mass is 10.3. The van der Waals surface area contributed by atoms with Crippen molar-refractivity contribution >= 4 is 11.5 Å². The number of aliphatic hydroxyl groups is 2. The molecule has 0 saturated heterocycles. The lowest BCUT2D eigenvalue weighted by molar-refractivity contribution is -0.384. The molecular formula is C8H11N3O4. The van der Waals surface area contributed by atoms with Crippen molar-refractivity contribution in [2.45, 2.75) is 6.04 Å². The SMILES string of the molecule is O=[N+]([O-])c1ccnc(NC(CO)CO)c1. The molecule has 0 fully saturated rings. The number of nitrogens with zero attached hydrogens (tertiary/aromatic N) is 2. The minimum Gasteiger partial charge on any atom is -0.394 e. The molecule has 0 atom stereocenters. The Labute approximate surface area is 85.5 Å². The molecule has 7 nitrogen and oxygen atoms in total. The first kappa shape index (κ1) is 11.3. The molecule has 0 unspecified atom stereocenters. The monoisotopic (exact) mass is 213 g/mol. The van der Waals surface area contributed by atoms with E-state index in [1.54, 1.807) is 0 Å². The van der Waals surface area contributed by atoms with Gasteiger partial charge in [0.25, 0.3) is 5.69 Å². The van der Waals surface area contributed by atoms with Crippen LogP contribution in [0.3, 0.4) is 0 Å². The second kappa shape index (κ2) is 5.23. The van der Waals surface area contributed by atoms with Gasteiger partial charge in [-0.25, -0.2) is 4.98 Å². The number of aromatic nitrogens is 1. The number of aliphatic hydroxyl groups excluding tert-OH is 2. The molecule has 0 aliphatic heterocycles. The fourth-order valence-corrected chi connectivity index (χ4v) is 0.970. The van der Waals surface area contributed by atoms with Crippen molar-refractivity contribution in [1.82, 2.24) is 4.98 Å². The zero-order valence-electron chi connectivity index (χ0n) is 7.83. The van der Waals surface area contributed by atoms with E-state index in [1.165, 1.54) is 18.3 Å². The Balaban J connectivity index is 2.77. The molecule has 1 aromatic heterocycles. The van der Waals surface area contributed by atoms with Crippen LogP contribution < -0.4 is 5.32 Å². The average molecular weight is 213 g/mol. The summed E-state index contributed by atoms with van der Waals surface area (Å²) in [4.78, 5) is 13.7. The second-order valence-corrected chi connectivity index (χ2v) is 2.86. The van der Waals surface area contributed by atoms with E-state index >= 15 is 0 Å². The van der Waals surface area contributed by atoms with Gasteiger partial charge in [-0.05, 0) is 0 Å². The Kier molecular flexibility index (Phi) is 3.95. The van der Waals surface area contributed by atoms with Crippen LogP contribution in [0.25, 0.3) is 0 Å². The highest BCUT2D eigenvalue weighted by molar-refractivity contribution is 5.44. The number of nitrogens with one attached hydrogen (secondary N) is 1. The van der Waals surface area contributed by atoms with Crippen molar-refractivity contribution < 1.29 is 15.1 Å². The van der Waals surface area contributed by atoms with E-state index < -0.39 is 11.0 Å². The predicted octanol–water partition coefficient (Wildman–Crippen LogP) is -0.245. The Hall–Kier alpha value is -1.73. The van der Waals surface area contributed by atoms with E-state index in [2.05, 4.69) is 10.3 Å². The van der Waals surface area contributed by atoms with Gasteiger partial charge < -0.3 is 15.5 Å². The summed E-state index contributed by atoms with van der Waals surface area (Å²) in [5.74, 6) is 0.248. The van der Waals surface area contributed by atoms with Crippen molar-refractivity contribution in [3.8, 4) is 0 Å². The summed E-state index contributed by atoms with van der Waals surface area (Å²) in [5, 5.41) is 30.7. The van der Waals surface area contributed by atoms with E-state index in [9.17, 15) is 10.1 Å². The Morgan fingerprint density at radius 1 is 1.53 bits per heavy atom. The first-order valence-corrected chi connectivity index (χ1v) is 4.26. The molecule has 1 aromatic rings. The number of hydrogen-bond acceptors (Lipinski definition) is 6. The molecule has 82 valence electrons. The minimum absolute atomic E-state index is 0.0953. The van der Waals surface area contributed by atoms with Crippen molar-refractivity contribution in [2.24, 2.45) is 0 Å². The zero-order valence-corrected chi connectivity index (χ0v) is 7.83. The lowest BCUT2D eigenvalue weighted by Crippen LogP contribution is -2.28. The molecule has 0 amide bonds. The molecule has 7 heteroatoms. The molecule has 0 spiro atoms. The third kappa shape index (κ3) is 3.15. The van der Waals surface area contributed by atoms with E-state index in [4.69, 9.17) is 10.2 Å². The van der Waals surface area contributed by atoms with Crippen LogP contribution in [0.5, 0.6) is 0 Å². The maximum Gasteiger partial charge on any atom is 0.274 e. The maximum atomic E-state index is 10.4. The van der Waals surface area contributed by atoms with Gasteiger partial charge in [-0.1, -0.05) is 0 Å². The van der Waals surface area contributed by atoms with Crippen LogP contribution in [0, 0.1) is 10.1 Å². The van der Waals surface area contributed by atoms with Gasteiger partial charge in [0.2, 0.25) is 0 Å². The zero-order chi connectivity index (χ0) is 11.3. The summed E-state index contributed by atoms with van der Waals surface area (Å²) >= 11 is 0. The van der Waals surface area contributed by atoms with Crippen LogP contribution in [-0.4, -0.2) is 39.4 Å². The molecule has 15 heavy (non-hydrogen) atoms. The number of pyridine rings is 1. The van der Waals surface area contributed by atoms with E-state index in [0.29, 0.717) is 0 Å². The van der Waals surface area contributed by atoms with Gasteiger partial charge in [-0.3, -0.25) is 10.1 Å². The molecular weight excluding hydrogens is 202 g/mol. The third-order valence-corrected chi connectivity index (χ3v) is 1.75. The van der Waals surface area contributed by atoms with Gasteiger partial charge in [0.1, 0.15) is 5.82 Å². The highest BCUT2D eigenvalue weighted by Crippen LogP contribution is 2.14. The molecule has 1 rings (SSSR count). The van der Waals surface area contributed by atoms with Crippen LogP contribution in [-0.2, 0) is 0 Å². The van der Waals surface area contributed by atoms with Crippen molar-refractivity contribution in [3.63, 3.8) is 0 Å². The first-order chi connectivity index (χ1) is 7.17. The summed E-state index contributed by atoms with van der Waals surface area (Å²) in [6.07, 6.45) is 1.28. The fraction of sp³-hybridized carbons (Fsp3) is 0.375. The fourth-order valence-electron chi connectivity index (χ4n) is 0.970. The number of hydrogen-bond donors (Lipinski definition) is 3. The number of rotatable bonds is 5. The van der Waals surface area contributed by atoms with Crippen LogP contribution >= 0.6 is 0 Å². The van der Waals surface area contributed by atoms with E-state index in [1.807, 2.05) is 0 Å². The van der Waals surface area contributed by atoms with Crippen molar-refractivity contribution in [3.05, 3.63) is 28.4 Å². The van der Waals surface area contributed by atoms with E-state index in [0.717, 1.165) is 0 Å². The Bertz CT molecular complexity index is 340. The van der Waals surface area contributed by atoms with Gasteiger partial charge in [-0.2, -0.15) is 0 Å². The molecule has 3 N–H and O–H groups in total. The summed E-state index contributed by atoms with van der Waals surface area (Å²) in [7, 11) is 0. The largest absolute Gasteiger partial charge is 0.394 e. The third-order valence-electron chi connectivity index (χ3n) is 1.75.